The van der Waals surface area contributed by atoms with Gasteiger partial charge in [0.05, 0.1) is 13.2 Å². The van der Waals surface area contributed by atoms with Gasteiger partial charge >= 0.3 is 0 Å². The summed E-state index contributed by atoms with van der Waals surface area (Å²) < 4.78 is 5.34. The molecule has 1 aliphatic heterocycles. The van der Waals surface area contributed by atoms with Crippen molar-refractivity contribution in [2.75, 3.05) is 31.2 Å². The summed E-state index contributed by atoms with van der Waals surface area (Å²) in [6.45, 7) is 6.05. The zero-order valence-corrected chi connectivity index (χ0v) is 14.0. The Morgan fingerprint density at radius 2 is 1.83 bits per heavy atom. The molecule has 2 heterocycles. The van der Waals surface area contributed by atoms with Crippen LogP contribution in [0.5, 0.6) is 0 Å². The third-order valence-corrected chi connectivity index (χ3v) is 4.22. The number of hydrogen-bond donors (Lipinski definition) is 1. The van der Waals surface area contributed by atoms with Gasteiger partial charge in [-0.1, -0.05) is 23.7 Å². The van der Waals surface area contributed by atoms with Crippen LogP contribution in [0.1, 0.15) is 24.1 Å². The van der Waals surface area contributed by atoms with Crippen molar-refractivity contribution in [1.29, 1.82) is 0 Å². The van der Waals surface area contributed by atoms with Crippen molar-refractivity contribution in [2.45, 2.75) is 19.5 Å². The van der Waals surface area contributed by atoms with E-state index in [0.717, 1.165) is 49.4 Å². The molecule has 1 N–H and O–H groups in total. The molecule has 1 atom stereocenters. The molecule has 1 unspecified atom stereocenters. The van der Waals surface area contributed by atoms with E-state index in [2.05, 4.69) is 27.1 Å². The zero-order valence-electron chi connectivity index (χ0n) is 13.2. The van der Waals surface area contributed by atoms with Crippen LogP contribution < -0.4 is 10.2 Å². The number of nitrogens with one attached hydrogen (secondary N) is 1. The Balaban J connectivity index is 1.54. The van der Waals surface area contributed by atoms with E-state index in [1.54, 1.807) is 0 Å². The number of halogens is 1. The Hall–Kier alpha value is -1.69. The fourth-order valence-corrected chi connectivity index (χ4v) is 2.63. The van der Waals surface area contributed by atoms with Crippen molar-refractivity contribution in [3.8, 4) is 0 Å². The third kappa shape index (κ3) is 4.41. The van der Waals surface area contributed by atoms with Gasteiger partial charge in [-0.3, -0.25) is 0 Å². The highest BCUT2D eigenvalue weighted by molar-refractivity contribution is 6.30. The number of nitrogens with zero attached hydrogens (tertiary/aromatic N) is 3. The molecule has 0 amide bonds. The predicted molar refractivity (Wildman–Crippen MR) is 91.8 cm³/mol. The van der Waals surface area contributed by atoms with Crippen molar-refractivity contribution in [2.24, 2.45) is 0 Å². The van der Waals surface area contributed by atoms with Crippen molar-refractivity contribution in [1.82, 2.24) is 15.3 Å². The summed E-state index contributed by atoms with van der Waals surface area (Å²) in [5, 5.41) is 4.23. The molecule has 1 saturated heterocycles. The van der Waals surface area contributed by atoms with E-state index in [-0.39, 0.29) is 6.04 Å². The Kier molecular flexibility index (Phi) is 5.43. The first-order chi connectivity index (χ1) is 11.2. The summed E-state index contributed by atoms with van der Waals surface area (Å²) in [5.74, 6) is 0.780. The van der Waals surface area contributed by atoms with Gasteiger partial charge in [0.25, 0.3) is 0 Å². The molecule has 1 fully saturated rings. The summed E-state index contributed by atoms with van der Waals surface area (Å²) >= 11 is 5.92. The van der Waals surface area contributed by atoms with Gasteiger partial charge < -0.3 is 15.0 Å². The molecule has 23 heavy (non-hydrogen) atoms. The summed E-state index contributed by atoms with van der Waals surface area (Å²) in [6.07, 6.45) is 3.78. The number of aromatic nitrogens is 2. The first-order valence-electron chi connectivity index (χ1n) is 7.85. The van der Waals surface area contributed by atoms with Gasteiger partial charge in [0.2, 0.25) is 5.95 Å². The van der Waals surface area contributed by atoms with Crippen LogP contribution >= 0.6 is 11.6 Å². The lowest BCUT2D eigenvalue weighted by molar-refractivity contribution is 0.122. The fraction of sp³-hybridized carbons (Fsp3) is 0.412. The molecule has 3 rings (SSSR count). The molecule has 0 bridgehead atoms. The van der Waals surface area contributed by atoms with Gasteiger partial charge in [-0.05, 0) is 24.6 Å². The van der Waals surface area contributed by atoms with Crippen LogP contribution in [0.2, 0.25) is 5.02 Å². The van der Waals surface area contributed by atoms with E-state index < -0.39 is 0 Å². The highest BCUT2D eigenvalue weighted by Crippen LogP contribution is 2.16. The van der Waals surface area contributed by atoms with E-state index in [1.807, 2.05) is 36.7 Å². The predicted octanol–water partition coefficient (Wildman–Crippen LogP) is 2.82. The number of ether oxygens (including phenoxy) is 1. The number of rotatable bonds is 5. The Labute approximate surface area is 141 Å². The molecule has 0 spiro atoms. The topological polar surface area (TPSA) is 50.3 Å². The number of morpholine rings is 1. The highest BCUT2D eigenvalue weighted by Gasteiger charge is 2.13. The minimum atomic E-state index is 0.242. The summed E-state index contributed by atoms with van der Waals surface area (Å²) in [7, 11) is 0. The number of benzene rings is 1. The first kappa shape index (κ1) is 16.2. The molecule has 6 heteroatoms. The Morgan fingerprint density at radius 1 is 1.17 bits per heavy atom. The summed E-state index contributed by atoms with van der Waals surface area (Å²) in [5.41, 5.74) is 2.28. The van der Waals surface area contributed by atoms with E-state index in [4.69, 9.17) is 16.3 Å². The Morgan fingerprint density at radius 3 is 2.48 bits per heavy atom. The van der Waals surface area contributed by atoms with Crippen LogP contribution in [0.25, 0.3) is 0 Å². The molecule has 0 saturated carbocycles. The molecular weight excluding hydrogens is 312 g/mol. The fourth-order valence-electron chi connectivity index (χ4n) is 2.51. The molecule has 5 nitrogen and oxygen atoms in total. The van der Waals surface area contributed by atoms with Gasteiger partial charge in [-0.2, -0.15) is 0 Å². The van der Waals surface area contributed by atoms with Gasteiger partial charge in [-0.15, -0.1) is 0 Å². The van der Waals surface area contributed by atoms with Crippen LogP contribution in [0, 0.1) is 0 Å². The largest absolute Gasteiger partial charge is 0.378 e. The molecule has 0 aliphatic carbocycles. The maximum atomic E-state index is 5.92. The van der Waals surface area contributed by atoms with Crippen LogP contribution in [0.15, 0.2) is 36.7 Å². The normalized spacial score (nSPS) is 16.3. The smallest absolute Gasteiger partial charge is 0.225 e. The molecule has 1 aliphatic rings. The van der Waals surface area contributed by atoms with Crippen LogP contribution in [-0.2, 0) is 11.3 Å². The first-order valence-corrected chi connectivity index (χ1v) is 8.22. The SMILES string of the molecule is CC(NCc1cnc(N2CCOCC2)nc1)c1ccc(Cl)cc1. The molecule has 1 aromatic carbocycles. The van der Waals surface area contributed by atoms with E-state index in [0.29, 0.717) is 0 Å². The minimum absolute atomic E-state index is 0.242. The second-order valence-corrected chi connectivity index (χ2v) is 6.08. The summed E-state index contributed by atoms with van der Waals surface area (Å²) in [4.78, 5) is 11.1. The molecule has 0 radical (unpaired) electrons. The molecular formula is C17H21ClN4O. The second kappa shape index (κ2) is 7.73. The van der Waals surface area contributed by atoms with Crippen LogP contribution in [0.3, 0.4) is 0 Å². The van der Waals surface area contributed by atoms with E-state index in [1.165, 1.54) is 5.56 Å². The maximum Gasteiger partial charge on any atom is 0.225 e. The molecule has 122 valence electrons. The molecule has 2 aromatic rings. The van der Waals surface area contributed by atoms with Crippen LogP contribution in [0.4, 0.5) is 5.95 Å². The third-order valence-electron chi connectivity index (χ3n) is 3.97. The lowest BCUT2D eigenvalue weighted by atomic mass is 10.1. The van der Waals surface area contributed by atoms with Crippen molar-refractivity contribution in [3.05, 3.63) is 52.8 Å². The molecule has 1 aromatic heterocycles. The van der Waals surface area contributed by atoms with Gasteiger partial charge in [-0.25, -0.2) is 9.97 Å². The summed E-state index contributed by atoms with van der Waals surface area (Å²) in [6, 6.07) is 8.15. The van der Waals surface area contributed by atoms with Gasteiger partial charge in [0, 0.05) is 48.7 Å². The number of anilines is 1. The zero-order chi connectivity index (χ0) is 16.1. The average Bonchev–Trinajstić information content (AvgIpc) is 2.61. The standard InChI is InChI=1S/C17H21ClN4O/c1-13(15-2-4-16(18)5-3-15)19-10-14-11-20-17(21-12-14)22-6-8-23-9-7-22/h2-5,11-13,19H,6-10H2,1H3. The van der Waals surface area contributed by atoms with Crippen molar-refractivity contribution < 1.29 is 4.74 Å². The van der Waals surface area contributed by atoms with Crippen molar-refractivity contribution in [3.63, 3.8) is 0 Å². The van der Waals surface area contributed by atoms with E-state index >= 15 is 0 Å². The lowest BCUT2D eigenvalue weighted by Crippen LogP contribution is -2.37. The quantitative estimate of drug-likeness (QED) is 0.912. The lowest BCUT2D eigenvalue weighted by Gasteiger charge is -2.26. The number of hydrogen-bond acceptors (Lipinski definition) is 5. The highest BCUT2D eigenvalue weighted by atomic mass is 35.5. The van der Waals surface area contributed by atoms with Gasteiger partial charge in [0.15, 0.2) is 0 Å². The van der Waals surface area contributed by atoms with Crippen molar-refractivity contribution >= 4 is 17.5 Å². The Bertz CT molecular complexity index is 611. The maximum absolute atomic E-state index is 5.92. The van der Waals surface area contributed by atoms with E-state index in [9.17, 15) is 0 Å². The second-order valence-electron chi connectivity index (χ2n) is 5.64. The van der Waals surface area contributed by atoms with Crippen LogP contribution in [-0.4, -0.2) is 36.3 Å². The van der Waals surface area contributed by atoms with Gasteiger partial charge in [0.1, 0.15) is 0 Å². The average molecular weight is 333 g/mol. The minimum Gasteiger partial charge on any atom is -0.378 e. The monoisotopic (exact) mass is 332 g/mol.